The Kier molecular flexibility index (Phi) is 4.64. The van der Waals surface area contributed by atoms with Gasteiger partial charge in [0, 0.05) is 19.6 Å². The Morgan fingerprint density at radius 1 is 1.29 bits per heavy atom. The summed E-state index contributed by atoms with van der Waals surface area (Å²) in [4.78, 5) is 13.1. The van der Waals surface area contributed by atoms with Crippen LogP contribution >= 0.6 is 0 Å². The number of nitrogens with zero attached hydrogens (tertiary/aromatic N) is 3. The van der Waals surface area contributed by atoms with E-state index in [-0.39, 0.29) is 11.4 Å². The highest BCUT2D eigenvalue weighted by molar-refractivity contribution is 7.89. The standard InChI is InChI=1S/C12H21N5O3S/c1-9-12(10(2)15-14-9)21(19,20)17-5-3-4-16(6-7-17)8-11(13)18/h3-8H2,1-2H3,(H2,13,18)(H,14,15). The van der Waals surface area contributed by atoms with Gasteiger partial charge in [0.1, 0.15) is 4.90 Å². The Morgan fingerprint density at radius 2 is 2.00 bits per heavy atom. The first-order valence-electron chi connectivity index (χ1n) is 6.84. The van der Waals surface area contributed by atoms with Gasteiger partial charge in [-0.3, -0.25) is 14.8 Å². The molecule has 2 rings (SSSR count). The zero-order valence-electron chi connectivity index (χ0n) is 12.3. The normalized spacial score (nSPS) is 18.6. The minimum absolute atomic E-state index is 0.164. The fourth-order valence-electron chi connectivity index (χ4n) is 2.62. The molecule has 1 aromatic heterocycles. The highest BCUT2D eigenvalue weighted by atomic mass is 32.2. The molecule has 9 heteroatoms. The second-order valence-electron chi connectivity index (χ2n) is 5.26. The van der Waals surface area contributed by atoms with Crippen LogP contribution in [0.5, 0.6) is 0 Å². The molecule has 0 saturated carbocycles. The molecule has 1 aliphatic heterocycles. The number of H-pyrrole nitrogens is 1. The highest BCUT2D eigenvalue weighted by Crippen LogP contribution is 2.22. The fourth-order valence-corrected chi connectivity index (χ4v) is 4.42. The molecule has 0 aliphatic carbocycles. The van der Waals surface area contributed by atoms with Crippen molar-refractivity contribution in [1.82, 2.24) is 19.4 Å². The molecule has 21 heavy (non-hydrogen) atoms. The van der Waals surface area contributed by atoms with E-state index in [0.29, 0.717) is 44.0 Å². The van der Waals surface area contributed by atoms with E-state index in [1.54, 1.807) is 13.8 Å². The minimum Gasteiger partial charge on any atom is -0.369 e. The molecule has 8 nitrogen and oxygen atoms in total. The number of primary amides is 1. The number of aromatic nitrogens is 2. The van der Waals surface area contributed by atoms with Gasteiger partial charge in [0.15, 0.2) is 0 Å². The van der Waals surface area contributed by atoms with Gasteiger partial charge in [-0.1, -0.05) is 0 Å². The molecular weight excluding hydrogens is 294 g/mol. The Bertz CT molecular complexity index is 605. The molecule has 1 saturated heterocycles. The molecule has 3 N–H and O–H groups in total. The van der Waals surface area contributed by atoms with Crippen molar-refractivity contribution in [3.8, 4) is 0 Å². The van der Waals surface area contributed by atoms with E-state index in [0.717, 1.165) is 0 Å². The van der Waals surface area contributed by atoms with Gasteiger partial charge in [0.05, 0.1) is 17.9 Å². The summed E-state index contributed by atoms with van der Waals surface area (Å²) < 4.78 is 26.9. The largest absolute Gasteiger partial charge is 0.369 e. The maximum Gasteiger partial charge on any atom is 0.246 e. The monoisotopic (exact) mass is 315 g/mol. The summed E-state index contributed by atoms with van der Waals surface area (Å²) in [5, 5.41) is 6.66. The summed E-state index contributed by atoms with van der Waals surface area (Å²) in [5.74, 6) is -0.396. The van der Waals surface area contributed by atoms with Crippen LogP contribution in [0.2, 0.25) is 0 Å². The van der Waals surface area contributed by atoms with Gasteiger partial charge in [0.25, 0.3) is 0 Å². The van der Waals surface area contributed by atoms with Gasteiger partial charge in [-0.05, 0) is 26.8 Å². The molecule has 0 radical (unpaired) electrons. The number of nitrogens with two attached hydrogens (primary N) is 1. The van der Waals surface area contributed by atoms with Crippen molar-refractivity contribution < 1.29 is 13.2 Å². The number of hydrogen-bond donors (Lipinski definition) is 2. The van der Waals surface area contributed by atoms with Crippen LogP contribution < -0.4 is 5.73 Å². The number of aryl methyl sites for hydroxylation is 2. The van der Waals surface area contributed by atoms with Gasteiger partial charge < -0.3 is 5.73 Å². The summed E-state index contributed by atoms with van der Waals surface area (Å²) in [5.41, 5.74) is 6.21. The van der Waals surface area contributed by atoms with Gasteiger partial charge in [0.2, 0.25) is 15.9 Å². The van der Waals surface area contributed by atoms with Crippen molar-refractivity contribution in [2.24, 2.45) is 5.73 Å². The molecule has 0 aromatic carbocycles. The average Bonchev–Trinajstić information content (AvgIpc) is 2.60. The number of nitrogens with one attached hydrogen (secondary N) is 1. The van der Waals surface area contributed by atoms with Crippen LogP contribution in [-0.2, 0) is 14.8 Å². The summed E-state index contributed by atoms with van der Waals surface area (Å²) in [6.07, 6.45) is 0.669. The molecule has 0 atom stereocenters. The number of sulfonamides is 1. The first-order valence-corrected chi connectivity index (χ1v) is 8.28. The Balaban J connectivity index is 2.17. The molecule has 0 spiro atoms. The maximum atomic E-state index is 12.7. The van der Waals surface area contributed by atoms with E-state index in [9.17, 15) is 13.2 Å². The molecule has 1 aliphatic rings. The van der Waals surface area contributed by atoms with Crippen LogP contribution in [0.3, 0.4) is 0 Å². The average molecular weight is 315 g/mol. The van der Waals surface area contributed by atoms with E-state index >= 15 is 0 Å². The van der Waals surface area contributed by atoms with E-state index in [1.807, 2.05) is 4.90 Å². The van der Waals surface area contributed by atoms with Crippen LogP contribution in [0.15, 0.2) is 4.90 Å². The van der Waals surface area contributed by atoms with E-state index in [1.165, 1.54) is 4.31 Å². The lowest BCUT2D eigenvalue weighted by molar-refractivity contribution is -0.119. The lowest BCUT2D eigenvalue weighted by Crippen LogP contribution is -2.38. The van der Waals surface area contributed by atoms with Gasteiger partial charge in [-0.2, -0.15) is 9.40 Å². The molecule has 0 unspecified atom stereocenters. The second-order valence-corrected chi connectivity index (χ2v) is 7.14. The third-order valence-electron chi connectivity index (χ3n) is 3.59. The summed E-state index contributed by atoms with van der Waals surface area (Å²) in [6.45, 7) is 5.48. The molecule has 1 fully saturated rings. The SMILES string of the molecule is Cc1n[nH]c(C)c1S(=O)(=O)N1CCCN(CC(N)=O)CC1. The predicted molar refractivity (Wildman–Crippen MR) is 77.1 cm³/mol. The van der Waals surface area contributed by atoms with Gasteiger partial charge in [-0.25, -0.2) is 8.42 Å². The Hall–Kier alpha value is -1.45. The third kappa shape index (κ3) is 3.42. The van der Waals surface area contributed by atoms with Crippen molar-refractivity contribution in [2.75, 3.05) is 32.7 Å². The number of rotatable bonds is 4. The van der Waals surface area contributed by atoms with Crippen molar-refractivity contribution in [2.45, 2.75) is 25.2 Å². The molecule has 118 valence electrons. The summed E-state index contributed by atoms with van der Waals surface area (Å²) in [7, 11) is -3.56. The van der Waals surface area contributed by atoms with Crippen LogP contribution in [0.25, 0.3) is 0 Å². The van der Waals surface area contributed by atoms with Gasteiger partial charge >= 0.3 is 0 Å². The lowest BCUT2D eigenvalue weighted by Gasteiger charge is -2.21. The van der Waals surface area contributed by atoms with Crippen molar-refractivity contribution >= 4 is 15.9 Å². The van der Waals surface area contributed by atoms with Crippen LogP contribution in [0.1, 0.15) is 17.8 Å². The molecule has 1 amide bonds. The first-order chi connectivity index (χ1) is 9.82. The molecule has 0 bridgehead atoms. The Labute approximate surface area is 124 Å². The zero-order chi connectivity index (χ0) is 15.6. The van der Waals surface area contributed by atoms with E-state index in [2.05, 4.69) is 10.2 Å². The first kappa shape index (κ1) is 15.9. The molecule has 1 aromatic rings. The molecular formula is C12H21N5O3S. The van der Waals surface area contributed by atoms with Crippen LogP contribution in [-0.4, -0.2) is 66.5 Å². The zero-order valence-corrected chi connectivity index (χ0v) is 13.1. The lowest BCUT2D eigenvalue weighted by atomic mass is 10.4. The van der Waals surface area contributed by atoms with E-state index < -0.39 is 15.9 Å². The number of hydrogen-bond acceptors (Lipinski definition) is 5. The quantitative estimate of drug-likeness (QED) is 0.756. The summed E-state index contributed by atoms with van der Waals surface area (Å²) >= 11 is 0. The number of amides is 1. The van der Waals surface area contributed by atoms with Crippen LogP contribution in [0.4, 0.5) is 0 Å². The topological polar surface area (TPSA) is 112 Å². The number of carbonyl (C=O) groups excluding carboxylic acids is 1. The third-order valence-corrected chi connectivity index (χ3v) is 5.75. The maximum absolute atomic E-state index is 12.7. The second kappa shape index (κ2) is 6.12. The van der Waals surface area contributed by atoms with Crippen molar-refractivity contribution in [3.05, 3.63) is 11.4 Å². The van der Waals surface area contributed by atoms with E-state index in [4.69, 9.17) is 5.73 Å². The Morgan fingerprint density at radius 3 is 2.57 bits per heavy atom. The minimum atomic E-state index is -3.56. The summed E-state index contributed by atoms with van der Waals surface area (Å²) in [6, 6.07) is 0. The predicted octanol–water partition coefficient (Wildman–Crippen LogP) is -0.792. The van der Waals surface area contributed by atoms with Gasteiger partial charge in [-0.15, -0.1) is 0 Å². The van der Waals surface area contributed by atoms with Crippen LogP contribution in [0, 0.1) is 13.8 Å². The fraction of sp³-hybridized carbons (Fsp3) is 0.667. The number of aromatic amines is 1. The van der Waals surface area contributed by atoms with Crippen molar-refractivity contribution in [3.63, 3.8) is 0 Å². The highest BCUT2D eigenvalue weighted by Gasteiger charge is 2.31. The smallest absolute Gasteiger partial charge is 0.246 e. The molecule has 2 heterocycles. The number of carbonyl (C=O) groups is 1. The van der Waals surface area contributed by atoms with Crippen molar-refractivity contribution in [1.29, 1.82) is 0 Å².